The Morgan fingerprint density at radius 3 is 1.44 bits per heavy atom. The molecule has 6 unspecified atom stereocenters. The summed E-state index contributed by atoms with van der Waals surface area (Å²) in [4.78, 5) is 0. The van der Waals surface area contributed by atoms with Crippen LogP contribution in [0.3, 0.4) is 0 Å². The minimum Gasteiger partial charge on any atom is -0.273 e. The maximum absolute atomic E-state index is 6.78. The fraction of sp³-hybridized carbons (Fsp3) is 0.429. The Kier molecular flexibility index (Phi) is 28.8. The molecule has 2 rings (SSSR count). The fourth-order valence-electron chi connectivity index (χ4n) is 4.41. The van der Waals surface area contributed by atoms with Gasteiger partial charge in [0, 0.05) is 44.6 Å². The predicted molar refractivity (Wildman–Crippen MR) is 276 cm³/mol. The van der Waals surface area contributed by atoms with E-state index in [0.717, 1.165) is 31.6 Å². The highest BCUT2D eigenvalue weighted by atomic mass is 35.7. The topological polar surface area (TPSA) is 6.48 Å². The zero-order chi connectivity index (χ0) is 37.7. The summed E-state index contributed by atoms with van der Waals surface area (Å²) in [6, 6.07) is 17.5. The molecule has 2 nitrogen and oxygen atoms in total. The molecule has 0 spiro atoms. The van der Waals surface area contributed by atoms with Gasteiger partial charge in [-0.1, -0.05) is 87.8 Å². The molecule has 2 aromatic carbocycles. The summed E-state index contributed by atoms with van der Waals surface area (Å²) in [5.74, 6) is 20.4. The smallest absolute Gasteiger partial charge is 0.0693 e. The van der Waals surface area contributed by atoms with Crippen LogP contribution in [-0.4, -0.2) is 58.4 Å². The number of terminal acetylenes is 2. The standard InChI is InChI=1S/C22H29NP2.C20H23Cl2NP2.2H3P.10H2/c1-8-9-10-11-16-24(6)17-18-25(7)23(22(3,4)5)19-21-14-12-20(2)13-15-21;1-6-7-8-9-14-24(21)15-16-25(22)23(20(3,4)5)17-19-12-10-18(2)11-13-19;;;;;;;;;;;;/h1,12-15H,17-19H2,2-7H3;1,10-13H,15-17H2,2-5H3;2*1H3;10*1H. The molecular weight excluding hydrogens is 789 g/mol. The third-order valence-corrected chi connectivity index (χ3v) is 16.4. The van der Waals surface area contributed by atoms with E-state index in [1.807, 2.05) is 0 Å². The van der Waals surface area contributed by atoms with Gasteiger partial charge < -0.3 is 0 Å². The first kappa shape index (κ1) is 53.0. The van der Waals surface area contributed by atoms with Gasteiger partial charge in [0.15, 0.2) is 0 Å². The quantitative estimate of drug-likeness (QED) is 0.155. The second-order valence-corrected chi connectivity index (χ2v) is 23.3. The highest BCUT2D eigenvalue weighted by Crippen LogP contribution is 2.53. The number of rotatable bonds is 12. The number of hydrogen-bond acceptors (Lipinski definition) is 2. The van der Waals surface area contributed by atoms with Gasteiger partial charge >= 0.3 is 0 Å². The molecule has 0 aliphatic heterocycles. The molecule has 0 radical (unpaired) electrons. The minimum atomic E-state index is -0.909. The molecule has 0 amide bonds. The van der Waals surface area contributed by atoms with Crippen LogP contribution in [0.2, 0.25) is 0 Å². The second-order valence-electron chi connectivity index (χ2n) is 13.6. The highest BCUT2D eigenvalue weighted by Gasteiger charge is 2.29. The Morgan fingerprint density at radius 2 is 1.02 bits per heavy atom. The summed E-state index contributed by atoms with van der Waals surface area (Å²) >= 11 is 13.1. The van der Waals surface area contributed by atoms with Crippen molar-refractivity contribution in [3.8, 4) is 71.5 Å². The van der Waals surface area contributed by atoms with Gasteiger partial charge in [-0.3, -0.25) is 9.34 Å². The molecule has 0 heterocycles. The Balaban J connectivity index is -0.0000000676. The molecule has 0 aliphatic rings. The van der Waals surface area contributed by atoms with Crippen molar-refractivity contribution in [2.45, 2.75) is 79.6 Å². The lowest BCUT2D eigenvalue weighted by molar-refractivity contribution is 0.257. The Hall–Kier alpha value is -1.12. The largest absolute Gasteiger partial charge is 0.273 e. The van der Waals surface area contributed by atoms with Crippen molar-refractivity contribution in [3.63, 3.8) is 0 Å². The van der Waals surface area contributed by atoms with Gasteiger partial charge in [0.25, 0.3) is 0 Å². The third kappa shape index (κ3) is 23.6. The van der Waals surface area contributed by atoms with Gasteiger partial charge in [-0.05, 0) is 167 Å². The first-order chi connectivity index (χ1) is 23.5. The van der Waals surface area contributed by atoms with Gasteiger partial charge in [0.05, 0.1) is 14.7 Å². The Bertz CT molecular complexity index is 1580. The van der Waals surface area contributed by atoms with Crippen LogP contribution in [0.25, 0.3) is 0 Å². The van der Waals surface area contributed by atoms with Gasteiger partial charge in [-0.15, -0.1) is 12.8 Å². The van der Waals surface area contributed by atoms with Crippen molar-refractivity contribution >= 4 is 73.0 Å². The van der Waals surface area contributed by atoms with E-state index in [1.165, 1.54) is 28.4 Å². The third-order valence-electron chi connectivity index (χ3n) is 7.19. The first-order valence-corrected chi connectivity index (χ1v) is 25.1. The van der Waals surface area contributed by atoms with Crippen LogP contribution in [0.5, 0.6) is 0 Å². The zero-order valence-electron chi connectivity index (χ0n) is 32.9. The van der Waals surface area contributed by atoms with Crippen molar-refractivity contribution in [2.75, 3.05) is 38.0 Å². The molecule has 10 heteroatoms. The predicted octanol–water partition coefficient (Wildman–Crippen LogP) is 14.3. The van der Waals surface area contributed by atoms with Crippen LogP contribution in [-0.2, 0) is 13.1 Å². The van der Waals surface area contributed by atoms with E-state index < -0.39 is 14.7 Å². The summed E-state index contributed by atoms with van der Waals surface area (Å²) in [7, 11) is -2.23. The van der Waals surface area contributed by atoms with E-state index in [2.05, 4.69) is 185 Å². The van der Waals surface area contributed by atoms with E-state index in [0.29, 0.717) is 0 Å². The summed E-state index contributed by atoms with van der Waals surface area (Å²) in [5, 5.41) is 0. The lowest BCUT2D eigenvalue weighted by Crippen LogP contribution is -2.37. The second kappa shape index (κ2) is 28.3. The molecule has 52 heavy (non-hydrogen) atoms. The monoisotopic (exact) mass is 866 g/mol. The van der Waals surface area contributed by atoms with Crippen molar-refractivity contribution in [1.29, 1.82) is 0 Å². The zero-order valence-corrected chi connectivity index (χ0v) is 40.8. The molecule has 0 saturated carbocycles. The molecule has 0 fully saturated rings. The normalized spacial score (nSPS) is 12.5. The molecule has 300 valence electrons. The average Bonchev–Trinajstić information content (AvgIpc) is 3.05. The lowest BCUT2D eigenvalue weighted by Gasteiger charge is -2.40. The number of hydrogen-bond donors (Lipinski definition) is 0. The molecule has 0 saturated heterocycles. The van der Waals surface area contributed by atoms with Crippen molar-refractivity contribution in [1.82, 2.24) is 9.34 Å². The van der Waals surface area contributed by atoms with E-state index in [4.69, 9.17) is 35.3 Å². The van der Waals surface area contributed by atoms with E-state index >= 15 is 0 Å². The molecule has 0 aliphatic carbocycles. The number of nitrogens with zero attached hydrogens (tertiary/aromatic N) is 2. The van der Waals surface area contributed by atoms with E-state index in [9.17, 15) is 0 Å². The fourth-order valence-corrected chi connectivity index (χ4v) is 14.0. The highest BCUT2D eigenvalue weighted by molar-refractivity contribution is 7.89. The SMILES string of the molecule is C#CC#CC#CP(C)CCP(C)N(Cc1ccc(C)cc1)C(C)(C)C.C#CC#CC#CP(Cl)CCP(Cl)N(Cc1ccc(C)cc1)C(C)(C)C.P.P.[HH].[HH].[HH].[HH].[HH].[HH].[HH].[HH].[HH].[HH]. The van der Waals surface area contributed by atoms with Gasteiger partial charge in [0.2, 0.25) is 0 Å². The lowest BCUT2D eigenvalue weighted by atomic mass is 10.1. The number of halogens is 2. The summed E-state index contributed by atoms with van der Waals surface area (Å²) in [5.41, 5.74) is 11.6. The molecular formula is C42H78Cl2N2P6. The van der Waals surface area contributed by atoms with Crippen molar-refractivity contribution in [3.05, 3.63) is 70.8 Å². The number of aryl methyl sites for hydroxylation is 2. The molecule has 0 N–H and O–H groups in total. The maximum Gasteiger partial charge on any atom is 0.0693 e. The molecule has 6 atom stereocenters. The number of benzene rings is 2. The summed E-state index contributed by atoms with van der Waals surface area (Å²) < 4.78 is 5.02. The van der Waals surface area contributed by atoms with Crippen molar-refractivity contribution < 1.29 is 14.3 Å². The van der Waals surface area contributed by atoms with Gasteiger partial charge in [0.1, 0.15) is 0 Å². The average molecular weight is 868 g/mol. The van der Waals surface area contributed by atoms with Crippen LogP contribution < -0.4 is 0 Å². The van der Waals surface area contributed by atoms with Crippen LogP contribution in [0, 0.1) is 85.4 Å². The Labute approximate surface area is 355 Å². The van der Waals surface area contributed by atoms with Crippen LogP contribution in [0.15, 0.2) is 48.5 Å². The van der Waals surface area contributed by atoms with Crippen LogP contribution in [0.4, 0.5) is 0 Å². The Morgan fingerprint density at radius 1 is 0.596 bits per heavy atom. The van der Waals surface area contributed by atoms with Gasteiger partial charge in [-0.2, -0.15) is 19.8 Å². The minimum absolute atomic E-state index is 0. The van der Waals surface area contributed by atoms with E-state index in [-0.39, 0.29) is 61.1 Å². The molecule has 0 bridgehead atoms. The van der Waals surface area contributed by atoms with Crippen LogP contribution in [0.1, 0.15) is 78.1 Å². The maximum atomic E-state index is 6.78. The first-order valence-electron chi connectivity index (χ1n) is 16.4. The summed E-state index contributed by atoms with van der Waals surface area (Å²) in [6.45, 7) is 24.2. The summed E-state index contributed by atoms with van der Waals surface area (Å²) in [6.07, 6.45) is 14.1. The van der Waals surface area contributed by atoms with E-state index in [1.54, 1.807) is 0 Å². The van der Waals surface area contributed by atoms with Gasteiger partial charge in [-0.25, -0.2) is 0 Å². The van der Waals surface area contributed by atoms with Crippen LogP contribution >= 0.6 is 73.0 Å². The van der Waals surface area contributed by atoms with Crippen molar-refractivity contribution in [2.24, 2.45) is 0 Å². The molecule has 2 aromatic rings. The molecule has 0 aromatic heterocycles.